The van der Waals surface area contributed by atoms with Gasteiger partial charge in [-0.3, -0.25) is 0 Å². The minimum absolute atomic E-state index is 0.371. The van der Waals surface area contributed by atoms with E-state index in [0.29, 0.717) is 0 Å². The van der Waals surface area contributed by atoms with Gasteiger partial charge in [0, 0.05) is 12.2 Å². The third-order valence-corrected chi connectivity index (χ3v) is 5.80. The van der Waals surface area contributed by atoms with E-state index in [-0.39, 0.29) is 13.2 Å². The van der Waals surface area contributed by atoms with Crippen molar-refractivity contribution >= 4 is 31.6 Å². The maximum Gasteiger partial charge on any atom is 0.330 e. The number of rotatable bonds is 11. The largest absolute Gasteiger partial charge is 0.461 e. The van der Waals surface area contributed by atoms with Gasteiger partial charge in [-0.2, -0.15) is 0 Å². The summed E-state index contributed by atoms with van der Waals surface area (Å²) in [6.45, 7) is 5.55. The van der Waals surface area contributed by atoms with Crippen molar-refractivity contribution in [2.45, 2.75) is 0 Å². The van der Waals surface area contributed by atoms with Crippen LogP contribution in [0.1, 0.15) is 0 Å². The van der Waals surface area contributed by atoms with Crippen LogP contribution in [-0.4, -0.2) is 65.0 Å². The first kappa shape index (κ1) is 20.3. The monoisotopic (exact) mass is 354 g/mol. The van der Waals surface area contributed by atoms with Crippen LogP contribution in [0.4, 0.5) is 0 Å². The fourth-order valence-electron chi connectivity index (χ4n) is 1.11. The number of esters is 2. The maximum atomic E-state index is 11.6. The summed E-state index contributed by atoms with van der Waals surface area (Å²) in [5.41, 5.74) is 0. The number of sulfone groups is 2. The van der Waals surface area contributed by atoms with Crippen molar-refractivity contribution in [3.63, 3.8) is 0 Å². The van der Waals surface area contributed by atoms with Gasteiger partial charge in [0.25, 0.3) is 0 Å². The molecule has 0 aliphatic carbocycles. The van der Waals surface area contributed by atoms with Crippen LogP contribution in [0.15, 0.2) is 25.3 Å². The van der Waals surface area contributed by atoms with E-state index in [2.05, 4.69) is 22.6 Å². The number of hydrogen-bond donors (Lipinski definition) is 0. The van der Waals surface area contributed by atoms with E-state index in [1.54, 1.807) is 0 Å². The topological polar surface area (TPSA) is 121 Å². The van der Waals surface area contributed by atoms with Gasteiger partial charge in [-0.15, -0.1) is 0 Å². The van der Waals surface area contributed by atoms with E-state index in [1.165, 1.54) is 0 Å². The van der Waals surface area contributed by atoms with Crippen LogP contribution in [0, 0.1) is 0 Å². The summed E-state index contributed by atoms with van der Waals surface area (Å²) in [4.78, 5) is 21.5. The summed E-state index contributed by atoms with van der Waals surface area (Å²) in [6, 6.07) is 0. The van der Waals surface area contributed by atoms with E-state index >= 15 is 0 Å². The van der Waals surface area contributed by atoms with E-state index in [0.717, 1.165) is 12.2 Å². The SMILES string of the molecule is C=CC(=O)OCCS(=O)(=O)CCS(=O)(=O)CCOC(=O)C=C. The second kappa shape index (κ2) is 9.36. The number of carbonyl (C=O) groups excluding carboxylic acids is 2. The molecule has 0 unspecified atom stereocenters. The van der Waals surface area contributed by atoms with Crippen LogP contribution in [0.3, 0.4) is 0 Å². The van der Waals surface area contributed by atoms with Gasteiger partial charge in [0.05, 0.1) is 23.0 Å². The first-order chi connectivity index (χ1) is 10.1. The highest BCUT2D eigenvalue weighted by Gasteiger charge is 2.19. The van der Waals surface area contributed by atoms with Gasteiger partial charge in [-0.25, -0.2) is 26.4 Å². The Morgan fingerprint density at radius 1 is 0.727 bits per heavy atom. The average Bonchev–Trinajstić information content (AvgIpc) is 2.44. The van der Waals surface area contributed by atoms with Gasteiger partial charge >= 0.3 is 11.9 Å². The molecule has 0 spiro atoms. The fourth-order valence-corrected chi connectivity index (χ4v) is 4.23. The van der Waals surface area contributed by atoms with E-state index in [1.807, 2.05) is 0 Å². The maximum absolute atomic E-state index is 11.6. The Balaban J connectivity index is 4.22. The summed E-state index contributed by atoms with van der Waals surface area (Å²) in [5, 5.41) is 0. The quantitative estimate of drug-likeness (QED) is 0.352. The summed E-state index contributed by atoms with van der Waals surface area (Å²) >= 11 is 0. The van der Waals surface area contributed by atoms with Crippen molar-refractivity contribution in [3.8, 4) is 0 Å². The molecule has 0 aromatic heterocycles. The molecule has 0 atom stereocenters. The smallest absolute Gasteiger partial charge is 0.330 e. The van der Waals surface area contributed by atoms with Gasteiger partial charge < -0.3 is 9.47 Å². The van der Waals surface area contributed by atoms with Crippen LogP contribution in [0.25, 0.3) is 0 Å². The third kappa shape index (κ3) is 10.1. The van der Waals surface area contributed by atoms with Gasteiger partial charge in [0.15, 0.2) is 19.7 Å². The molecule has 10 heteroatoms. The predicted octanol–water partition coefficient (Wildman–Crippen LogP) is -0.726. The average molecular weight is 354 g/mol. The molecule has 0 heterocycles. The first-order valence-corrected chi connectivity index (χ1v) is 9.75. The number of ether oxygens (including phenoxy) is 2. The van der Waals surface area contributed by atoms with E-state index < -0.39 is 54.6 Å². The Hall–Kier alpha value is -1.68. The Labute approximate surface area is 129 Å². The molecule has 0 aliphatic heterocycles. The molecule has 0 radical (unpaired) electrons. The first-order valence-electron chi connectivity index (χ1n) is 6.11. The molecular formula is C12H18O8S2. The second-order valence-electron chi connectivity index (χ2n) is 4.05. The molecule has 0 fully saturated rings. The minimum Gasteiger partial charge on any atom is -0.461 e. The van der Waals surface area contributed by atoms with Crippen LogP contribution in [-0.2, 0) is 38.7 Å². The second-order valence-corrected chi connectivity index (χ2v) is 8.65. The molecule has 0 N–H and O–H groups in total. The minimum atomic E-state index is -3.68. The summed E-state index contributed by atoms with van der Waals surface area (Å²) in [6.07, 6.45) is 1.78. The Morgan fingerprint density at radius 3 is 1.32 bits per heavy atom. The molecule has 22 heavy (non-hydrogen) atoms. The molecule has 0 amide bonds. The van der Waals surface area contributed by atoms with Crippen LogP contribution in [0.2, 0.25) is 0 Å². The molecule has 8 nitrogen and oxygen atoms in total. The van der Waals surface area contributed by atoms with Crippen molar-refractivity contribution in [2.75, 3.05) is 36.2 Å². The van der Waals surface area contributed by atoms with E-state index in [9.17, 15) is 26.4 Å². The standard InChI is InChI=1S/C12H18O8S2/c1-3-11(13)19-5-7-21(15,16)9-10-22(17,18)8-6-20-12(14)4-2/h3-4H,1-2,5-10H2. The van der Waals surface area contributed by atoms with Gasteiger partial charge in [0.2, 0.25) is 0 Å². The summed E-state index contributed by atoms with van der Waals surface area (Å²) in [7, 11) is -7.36. The van der Waals surface area contributed by atoms with Crippen molar-refractivity contribution in [1.29, 1.82) is 0 Å². The highest BCUT2D eigenvalue weighted by Crippen LogP contribution is 1.98. The molecule has 0 aliphatic rings. The highest BCUT2D eigenvalue weighted by atomic mass is 32.2. The van der Waals surface area contributed by atoms with Crippen molar-refractivity contribution in [3.05, 3.63) is 25.3 Å². The van der Waals surface area contributed by atoms with Crippen LogP contribution in [0.5, 0.6) is 0 Å². The molecule has 0 rings (SSSR count). The Morgan fingerprint density at radius 2 is 1.05 bits per heavy atom. The zero-order valence-electron chi connectivity index (χ0n) is 11.9. The third-order valence-electron chi connectivity index (χ3n) is 2.32. The van der Waals surface area contributed by atoms with Gasteiger partial charge in [-0.05, 0) is 0 Å². The van der Waals surface area contributed by atoms with Crippen molar-refractivity contribution < 1.29 is 35.9 Å². The zero-order valence-corrected chi connectivity index (χ0v) is 13.5. The number of carbonyl (C=O) groups is 2. The lowest BCUT2D eigenvalue weighted by Gasteiger charge is -2.06. The molecule has 0 aromatic rings. The lowest BCUT2D eigenvalue weighted by Crippen LogP contribution is -2.25. The lowest BCUT2D eigenvalue weighted by molar-refractivity contribution is -0.138. The van der Waals surface area contributed by atoms with E-state index in [4.69, 9.17) is 0 Å². The normalized spacial score (nSPS) is 11.5. The molecular weight excluding hydrogens is 336 g/mol. The molecule has 0 bridgehead atoms. The molecule has 0 aromatic carbocycles. The zero-order chi connectivity index (χ0) is 17.2. The van der Waals surface area contributed by atoms with Gasteiger partial charge in [-0.1, -0.05) is 13.2 Å². The Kier molecular flexibility index (Phi) is 8.65. The highest BCUT2D eigenvalue weighted by molar-refractivity contribution is 7.95. The lowest BCUT2D eigenvalue weighted by atomic mass is 10.6. The van der Waals surface area contributed by atoms with Gasteiger partial charge in [0.1, 0.15) is 13.2 Å². The van der Waals surface area contributed by atoms with Crippen molar-refractivity contribution in [2.24, 2.45) is 0 Å². The van der Waals surface area contributed by atoms with Crippen LogP contribution >= 0.6 is 0 Å². The predicted molar refractivity (Wildman–Crippen MR) is 79.6 cm³/mol. The van der Waals surface area contributed by atoms with Crippen LogP contribution < -0.4 is 0 Å². The van der Waals surface area contributed by atoms with Crippen molar-refractivity contribution in [1.82, 2.24) is 0 Å². The summed E-state index contributed by atoms with van der Waals surface area (Å²) < 4.78 is 55.4. The Bertz CT molecular complexity index is 560. The fraction of sp³-hybridized carbons (Fsp3) is 0.500. The number of hydrogen-bond acceptors (Lipinski definition) is 8. The molecule has 0 saturated carbocycles. The molecule has 126 valence electrons. The molecule has 0 saturated heterocycles. The summed E-state index contributed by atoms with van der Waals surface area (Å²) in [5.74, 6) is -3.67.